The Morgan fingerprint density at radius 2 is 1.76 bits per heavy atom. The molecule has 2 unspecified atom stereocenters. The summed E-state index contributed by atoms with van der Waals surface area (Å²) < 4.78 is 79.8. The highest BCUT2D eigenvalue weighted by molar-refractivity contribution is 5.88. The molecule has 0 saturated carbocycles. The van der Waals surface area contributed by atoms with Gasteiger partial charge in [0.15, 0.2) is 11.6 Å². The van der Waals surface area contributed by atoms with E-state index in [4.69, 9.17) is 9.26 Å². The normalized spacial score (nSPS) is 18.2. The van der Waals surface area contributed by atoms with Crippen LogP contribution in [-0.2, 0) is 4.79 Å². The summed E-state index contributed by atoms with van der Waals surface area (Å²) in [6.07, 6.45) is -4.81. The predicted molar refractivity (Wildman–Crippen MR) is 105 cm³/mol. The molecule has 33 heavy (non-hydrogen) atoms. The van der Waals surface area contributed by atoms with Crippen molar-refractivity contribution in [3.8, 4) is 22.8 Å². The van der Waals surface area contributed by atoms with Gasteiger partial charge in [-0.2, -0.15) is 0 Å². The van der Waals surface area contributed by atoms with Crippen molar-refractivity contribution in [2.45, 2.75) is 18.3 Å². The van der Waals surface area contributed by atoms with Crippen LogP contribution >= 0.6 is 0 Å². The molecule has 2 atom stereocenters. The molecule has 0 spiro atoms. The Bertz CT molecular complexity index is 1140. The number of aromatic nitrogens is 1. The number of carbonyl (C=O) groups excluding carboxylic acids is 1. The minimum atomic E-state index is -4.81. The SMILES string of the molecule is COc1cc(F)c(C2CNC(=O)C2Nc2cc(-c3ccc(OC(F)(F)F)cc3)on2)c(F)c1. The number of anilines is 1. The number of nitrogens with one attached hydrogen (secondary N) is 2. The van der Waals surface area contributed by atoms with Crippen LogP contribution in [0.25, 0.3) is 11.3 Å². The van der Waals surface area contributed by atoms with E-state index in [0.29, 0.717) is 5.56 Å². The highest BCUT2D eigenvalue weighted by Crippen LogP contribution is 2.33. The second-order valence-electron chi connectivity index (χ2n) is 7.13. The third kappa shape index (κ3) is 4.83. The fraction of sp³-hybridized carbons (Fsp3) is 0.238. The van der Waals surface area contributed by atoms with E-state index >= 15 is 0 Å². The van der Waals surface area contributed by atoms with Crippen LogP contribution in [0, 0.1) is 11.6 Å². The molecule has 2 N–H and O–H groups in total. The topological polar surface area (TPSA) is 85.6 Å². The molecule has 1 aliphatic rings. The van der Waals surface area contributed by atoms with Crippen molar-refractivity contribution in [1.82, 2.24) is 10.5 Å². The van der Waals surface area contributed by atoms with Crippen molar-refractivity contribution < 1.29 is 40.7 Å². The van der Waals surface area contributed by atoms with Crippen LogP contribution in [0.1, 0.15) is 11.5 Å². The summed E-state index contributed by atoms with van der Waals surface area (Å²) in [5.41, 5.74) is 0.111. The van der Waals surface area contributed by atoms with Gasteiger partial charge in [-0.25, -0.2) is 8.78 Å². The maximum Gasteiger partial charge on any atom is 0.573 e. The Labute approximate surface area is 183 Å². The first kappa shape index (κ1) is 22.4. The van der Waals surface area contributed by atoms with Gasteiger partial charge >= 0.3 is 6.36 Å². The smallest absolute Gasteiger partial charge is 0.497 e. The molecule has 2 aromatic carbocycles. The molecule has 1 saturated heterocycles. The number of ether oxygens (including phenoxy) is 2. The summed E-state index contributed by atoms with van der Waals surface area (Å²) in [4.78, 5) is 12.3. The van der Waals surface area contributed by atoms with Gasteiger partial charge in [-0.05, 0) is 24.3 Å². The van der Waals surface area contributed by atoms with Crippen LogP contribution < -0.4 is 20.1 Å². The Morgan fingerprint density at radius 3 is 2.36 bits per heavy atom. The maximum atomic E-state index is 14.5. The second-order valence-corrected chi connectivity index (χ2v) is 7.13. The quantitative estimate of drug-likeness (QED) is 0.526. The average molecular weight is 469 g/mol. The largest absolute Gasteiger partial charge is 0.573 e. The molecule has 2 heterocycles. The van der Waals surface area contributed by atoms with Crippen molar-refractivity contribution in [3.63, 3.8) is 0 Å². The molecule has 174 valence electrons. The zero-order valence-corrected chi connectivity index (χ0v) is 16.9. The lowest BCUT2D eigenvalue weighted by Gasteiger charge is -2.19. The summed E-state index contributed by atoms with van der Waals surface area (Å²) in [5, 5.41) is 9.14. The van der Waals surface area contributed by atoms with Crippen molar-refractivity contribution in [2.24, 2.45) is 0 Å². The third-order valence-corrected chi connectivity index (χ3v) is 5.03. The number of nitrogens with zero attached hydrogens (tertiary/aromatic N) is 1. The summed E-state index contributed by atoms with van der Waals surface area (Å²) >= 11 is 0. The van der Waals surface area contributed by atoms with Crippen LogP contribution in [0.15, 0.2) is 47.0 Å². The predicted octanol–water partition coefficient (Wildman–Crippen LogP) is 4.22. The van der Waals surface area contributed by atoms with Gasteiger partial charge in [0.1, 0.15) is 29.2 Å². The number of hydrogen-bond acceptors (Lipinski definition) is 6. The zero-order chi connectivity index (χ0) is 23.8. The van der Waals surface area contributed by atoms with Crippen molar-refractivity contribution >= 4 is 11.7 Å². The number of benzene rings is 2. The molecular formula is C21H16F5N3O4. The van der Waals surface area contributed by atoms with Crippen molar-refractivity contribution in [3.05, 3.63) is 59.7 Å². The first-order chi connectivity index (χ1) is 15.6. The molecule has 0 aliphatic carbocycles. The lowest BCUT2D eigenvalue weighted by Crippen LogP contribution is -2.33. The van der Waals surface area contributed by atoms with E-state index in [-0.39, 0.29) is 29.4 Å². The molecule has 7 nitrogen and oxygen atoms in total. The highest BCUT2D eigenvalue weighted by Gasteiger charge is 2.39. The van der Waals surface area contributed by atoms with Gasteiger partial charge < -0.3 is 24.6 Å². The summed E-state index contributed by atoms with van der Waals surface area (Å²) in [6, 6.07) is 7.28. The summed E-state index contributed by atoms with van der Waals surface area (Å²) in [6.45, 7) is -0.0119. The van der Waals surface area contributed by atoms with Gasteiger partial charge in [0.25, 0.3) is 0 Å². The molecule has 0 radical (unpaired) electrons. The molecular weight excluding hydrogens is 453 g/mol. The molecule has 4 rings (SSSR count). The lowest BCUT2D eigenvalue weighted by atomic mass is 9.92. The first-order valence-electron chi connectivity index (χ1n) is 9.54. The average Bonchev–Trinajstić information content (AvgIpc) is 3.35. The minimum Gasteiger partial charge on any atom is -0.497 e. The van der Waals surface area contributed by atoms with Crippen LogP contribution in [-0.4, -0.2) is 37.1 Å². The molecule has 1 aromatic heterocycles. The number of halogens is 5. The summed E-state index contributed by atoms with van der Waals surface area (Å²) in [5.74, 6) is -3.21. The Kier molecular flexibility index (Phi) is 5.83. The second kappa shape index (κ2) is 8.60. The van der Waals surface area contributed by atoms with E-state index in [2.05, 4.69) is 20.5 Å². The number of alkyl halides is 3. The fourth-order valence-electron chi connectivity index (χ4n) is 3.55. The molecule has 0 bridgehead atoms. The van der Waals surface area contributed by atoms with Gasteiger partial charge in [-0.15, -0.1) is 13.2 Å². The molecule has 1 fully saturated rings. The number of amides is 1. The van der Waals surface area contributed by atoms with Crippen LogP contribution in [0.5, 0.6) is 11.5 Å². The highest BCUT2D eigenvalue weighted by atomic mass is 19.4. The Morgan fingerprint density at radius 1 is 1.09 bits per heavy atom. The first-order valence-corrected chi connectivity index (χ1v) is 9.54. The summed E-state index contributed by atoms with van der Waals surface area (Å²) in [7, 11) is 1.28. The molecule has 12 heteroatoms. The third-order valence-electron chi connectivity index (χ3n) is 5.03. The monoisotopic (exact) mass is 469 g/mol. The van der Waals surface area contributed by atoms with Gasteiger partial charge in [-0.1, -0.05) is 5.16 Å². The van der Waals surface area contributed by atoms with E-state index in [0.717, 1.165) is 24.3 Å². The fourth-order valence-corrected chi connectivity index (χ4v) is 3.55. The zero-order valence-electron chi connectivity index (χ0n) is 16.9. The molecule has 3 aromatic rings. The Hall–Kier alpha value is -3.83. The van der Waals surface area contributed by atoms with Gasteiger partial charge in [0.2, 0.25) is 5.91 Å². The van der Waals surface area contributed by atoms with E-state index in [1.165, 1.54) is 25.3 Å². The Balaban J connectivity index is 1.53. The number of rotatable bonds is 6. The van der Waals surface area contributed by atoms with E-state index in [1.54, 1.807) is 0 Å². The molecule has 1 aliphatic heterocycles. The number of hydrogen-bond donors (Lipinski definition) is 2. The van der Waals surface area contributed by atoms with Gasteiger partial charge in [-0.3, -0.25) is 4.79 Å². The van der Waals surface area contributed by atoms with Gasteiger partial charge in [0, 0.05) is 41.8 Å². The van der Waals surface area contributed by atoms with E-state index in [9.17, 15) is 26.7 Å². The standard InChI is InChI=1S/C21H16F5N3O4/c1-31-12-6-14(22)18(15(23)7-12)13-9-27-20(30)19(13)28-17-8-16(33-29-17)10-2-4-11(5-3-10)32-21(24,25)26/h2-8,13,19H,9H2,1H3,(H,27,30)(H,28,29). The number of methoxy groups -OCH3 is 1. The van der Waals surface area contributed by atoms with Crippen molar-refractivity contribution in [1.29, 1.82) is 0 Å². The lowest BCUT2D eigenvalue weighted by molar-refractivity contribution is -0.274. The molecule has 1 amide bonds. The maximum absolute atomic E-state index is 14.5. The van der Waals surface area contributed by atoms with E-state index in [1.807, 2.05) is 0 Å². The van der Waals surface area contributed by atoms with Crippen LogP contribution in [0.2, 0.25) is 0 Å². The van der Waals surface area contributed by atoms with Crippen LogP contribution in [0.3, 0.4) is 0 Å². The number of carbonyl (C=O) groups is 1. The van der Waals surface area contributed by atoms with Crippen molar-refractivity contribution in [2.75, 3.05) is 19.0 Å². The minimum absolute atomic E-state index is 0.00309. The van der Waals surface area contributed by atoms with Crippen LogP contribution in [0.4, 0.5) is 27.8 Å². The van der Waals surface area contributed by atoms with Gasteiger partial charge in [0.05, 0.1) is 7.11 Å². The van der Waals surface area contributed by atoms with E-state index < -0.39 is 41.6 Å².